The van der Waals surface area contributed by atoms with Crippen LogP contribution in [-0.4, -0.2) is 47.6 Å². The molecule has 3 aromatic rings. The summed E-state index contributed by atoms with van der Waals surface area (Å²) < 4.78 is 67.2. The third-order valence-corrected chi connectivity index (χ3v) is 6.73. The highest BCUT2D eigenvalue weighted by Gasteiger charge is 2.64. The topological polar surface area (TPSA) is 99.5 Å². The lowest BCUT2D eigenvalue weighted by molar-refractivity contribution is -0.143. The SMILES string of the molecule is O=C1N(Cc2ccccc2)C(=O)C2(CC2)N1Cc1nnc(-c2nc(C(F)(F)F)c(F)c(O)c2F)s1. The van der Waals surface area contributed by atoms with E-state index >= 15 is 0 Å². The van der Waals surface area contributed by atoms with Gasteiger partial charge in [-0.25, -0.2) is 18.6 Å². The number of hydrogen-bond acceptors (Lipinski definition) is 7. The molecule has 3 amide bonds. The van der Waals surface area contributed by atoms with Gasteiger partial charge in [-0.05, 0) is 18.4 Å². The molecule has 2 aliphatic rings. The Kier molecular flexibility index (Phi) is 5.23. The average Bonchev–Trinajstić information content (AvgIpc) is 3.45. The lowest BCUT2D eigenvalue weighted by Crippen LogP contribution is -2.36. The van der Waals surface area contributed by atoms with Crippen LogP contribution in [0.15, 0.2) is 30.3 Å². The molecular formula is C21H14F5N5O3S. The van der Waals surface area contributed by atoms with Crippen molar-refractivity contribution in [3.63, 3.8) is 0 Å². The summed E-state index contributed by atoms with van der Waals surface area (Å²) in [6.07, 6.45) is -4.42. The molecule has 0 unspecified atom stereocenters. The highest BCUT2D eigenvalue weighted by Crippen LogP contribution is 2.49. The minimum Gasteiger partial charge on any atom is -0.503 e. The van der Waals surface area contributed by atoms with Gasteiger partial charge >= 0.3 is 12.2 Å². The van der Waals surface area contributed by atoms with E-state index in [-0.39, 0.29) is 24.0 Å². The fourth-order valence-electron chi connectivity index (χ4n) is 3.92. The predicted octanol–water partition coefficient (Wildman–Crippen LogP) is 4.10. The van der Waals surface area contributed by atoms with Crippen LogP contribution in [0.5, 0.6) is 5.75 Å². The van der Waals surface area contributed by atoms with E-state index in [9.17, 15) is 36.6 Å². The highest BCUT2D eigenvalue weighted by molar-refractivity contribution is 7.14. The molecule has 5 rings (SSSR count). The molecule has 1 N–H and O–H groups in total. The minimum absolute atomic E-state index is 0.0718. The summed E-state index contributed by atoms with van der Waals surface area (Å²) in [5.74, 6) is -6.16. The molecule has 182 valence electrons. The molecule has 35 heavy (non-hydrogen) atoms. The van der Waals surface area contributed by atoms with E-state index in [0.29, 0.717) is 24.2 Å². The van der Waals surface area contributed by atoms with Gasteiger partial charge in [-0.2, -0.15) is 13.2 Å². The van der Waals surface area contributed by atoms with Gasteiger partial charge in [-0.1, -0.05) is 41.7 Å². The van der Waals surface area contributed by atoms with Crippen molar-refractivity contribution in [3.8, 4) is 16.5 Å². The van der Waals surface area contributed by atoms with Gasteiger partial charge in [0.1, 0.15) is 16.2 Å². The first-order valence-electron chi connectivity index (χ1n) is 10.2. The molecule has 0 atom stereocenters. The Morgan fingerprint density at radius 1 is 1.03 bits per heavy atom. The van der Waals surface area contributed by atoms with Gasteiger partial charge in [0.2, 0.25) is 0 Å². The maximum absolute atomic E-state index is 14.3. The average molecular weight is 511 g/mol. The maximum Gasteiger partial charge on any atom is 0.436 e. The van der Waals surface area contributed by atoms with Gasteiger partial charge < -0.3 is 10.0 Å². The van der Waals surface area contributed by atoms with E-state index in [1.807, 2.05) is 0 Å². The van der Waals surface area contributed by atoms with Gasteiger partial charge in [-0.15, -0.1) is 10.2 Å². The molecule has 1 saturated heterocycles. The molecule has 2 fully saturated rings. The summed E-state index contributed by atoms with van der Waals surface area (Å²) in [5, 5.41) is 16.5. The molecule has 0 bridgehead atoms. The number of alkyl halides is 3. The number of benzene rings is 1. The smallest absolute Gasteiger partial charge is 0.436 e. The van der Waals surface area contributed by atoms with Crippen LogP contribution in [0.2, 0.25) is 0 Å². The number of carbonyl (C=O) groups excluding carboxylic acids is 2. The Labute approximate surface area is 197 Å². The summed E-state index contributed by atoms with van der Waals surface area (Å²) in [7, 11) is 0. The number of carbonyl (C=O) groups is 2. The number of pyridine rings is 1. The fraction of sp³-hybridized carbons (Fsp3) is 0.286. The number of nitrogens with zero attached hydrogens (tertiary/aromatic N) is 5. The molecule has 0 radical (unpaired) electrons. The fourth-order valence-corrected chi connectivity index (χ4v) is 4.73. The highest BCUT2D eigenvalue weighted by atomic mass is 32.1. The van der Waals surface area contributed by atoms with Gasteiger partial charge in [0.05, 0.1) is 13.1 Å². The van der Waals surface area contributed by atoms with Crippen LogP contribution in [0.1, 0.15) is 29.1 Å². The molecular weight excluding hydrogens is 497 g/mol. The first-order valence-corrected chi connectivity index (χ1v) is 11.0. The normalized spacial score (nSPS) is 17.1. The second-order valence-corrected chi connectivity index (χ2v) is 9.12. The van der Waals surface area contributed by atoms with E-state index in [4.69, 9.17) is 0 Å². The van der Waals surface area contributed by atoms with Gasteiger partial charge in [-0.3, -0.25) is 9.69 Å². The monoisotopic (exact) mass is 511 g/mol. The molecule has 8 nitrogen and oxygen atoms in total. The van der Waals surface area contributed by atoms with E-state index in [1.54, 1.807) is 30.3 Å². The minimum atomic E-state index is -5.29. The Hall–Kier alpha value is -3.68. The van der Waals surface area contributed by atoms with E-state index < -0.39 is 51.5 Å². The van der Waals surface area contributed by atoms with Crippen molar-refractivity contribution in [1.82, 2.24) is 25.0 Å². The summed E-state index contributed by atoms with van der Waals surface area (Å²) in [6, 6.07) is 8.34. The summed E-state index contributed by atoms with van der Waals surface area (Å²) in [6.45, 7) is -0.128. The summed E-state index contributed by atoms with van der Waals surface area (Å²) in [5.41, 5.74) is -3.41. The van der Waals surface area contributed by atoms with Gasteiger partial charge in [0, 0.05) is 0 Å². The Bertz CT molecular complexity index is 1340. The zero-order valence-corrected chi connectivity index (χ0v) is 18.3. The van der Waals surface area contributed by atoms with Gasteiger partial charge in [0.25, 0.3) is 5.91 Å². The first kappa shape index (κ1) is 23.1. The van der Waals surface area contributed by atoms with Crippen molar-refractivity contribution < 1.29 is 36.6 Å². The Morgan fingerprint density at radius 3 is 2.34 bits per heavy atom. The molecule has 1 spiro atoms. The first-order chi connectivity index (χ1) is 16.5. The molecule has 3 heterocycles. The van der Waals surface area contributed by atoms with Crippen molar-refractivity contribution in [1.29, 1.82) is 0 Å². The number of imide groups is 1. The number of halogens is 5. The number of aromatic nitrogens is 3. The third-order valence-electron chi connectivity index (χ3n) is 5.82. The number of amides is 3. The zero-order chi connectivity index (χ0) is 25.1. The molecule has 1 aliphatic heterocycles. The Morgan fingerprint density at radius 2 is 1.71 bits per heavy atom. The van der Waals surface area contributed by atoms with Crippen LogP contribution in [0.4, 0.5) is 26.7 Å². The van der Waals surface area contributed by atoms with Crippen LogP contribution in [0.3, 0.4) is 0 Å². The third kappa shape index (κ3) is 3.77. The molecule has 14 heteroatoms. The van der Waals surface area contributed by atoms with Crippen molar-refractivity contribution >= 4 is 23.3 Å². The Balaban J connectivity index is 1.42. The van der Waals surface area contributed by atoms with Crippen molar-refractivity contribution in [3.05, 3.63) is 58.2 Å². The number of rotatable bonds is 5. The summed E-state index contributed by atoms with van der Waals surface area (Å²) >= 11 is 0.609. The second kappa shape index (κ2) is 7.93. The van der Waals surface area contributed by atoms with E-state index in [0.717, 1.165) is 10.5 Å². The van der Waals surface area contributed by atoms with Crippen LogP contribution in [-0.2, 0) is 24.1 Å². The molecule has 1 aliphatic carbocycles. The van der Waals surface area contributed by atoms with Crippen LogP contribution in [0.25, 0.3) is 10.7 Å². The van der Waals surface area contributed by atoms with Crippen LogP contribution < -0.4 is 0 Å². The molecule has 1 saturated carbocycles. The molecule has 1 aromatic carbocycles. The van der Waals surface area contributed by atoms with Crippen molar-refractivity contribution in [2.45, 2.75) is 37.6 Å². The molecule has 2 aromatic heterocycles. The maximum atomic E-state index is 14.3. The van der Waals surface area contributed by atoms with Crippen LogP contribution >= 0.6 is 11.3 Å². The van der Waals surface area contributed by atoms with Gasteiger partial charge in [0.15, 0.2) is 28.1 Å². The quantitative estimate of drug-likeness (QED) is 0.409. The van der Waals surface area contributed by atoms with E-state index in [2.05, 4.69) is 15.2 Å². The number of hydrogen-bond donors (Lipinski definition) is 1. The van der Waals surface area contributed by atoms with E-state index in [1.165, 1.54) is 4.90 Å². The number of aromatic hydroxyl groups is 1. The summed E-state index contributed by atoms with van der Waals surface area (Å²) in [4.78, 5) is 31.5. The van der Waals surface area contributed by atoms with Crippen molar-refractivity contribution in [2.75, 3.05) is 0 Å². The largest absolute Gasteiger partial charge is 0.503 e. The predicted molar refractivity (Wildman–Crippen MR) is 110 cm³/mol. The zero-order valence-electron chi connectivity index (χ0n) is 17.5. The van der Waals surface area contributed by atoms with Crippen molar-refractivity contribution in [2.24, 2.45) is 0 Å². The lowest BCUT2D eigenvalue weighted by Gasteiger charge is -2.19. The lowest BCUT2D eigenvalue weighted by atomic mass is 10.2. The standard InChI is InChI=1S/C21H14F5N5O3S/c22-12-14(27-16(21(24,25)26)13(23)15(12)32)17-29-28-11(35-17)9-31-19(34)30(18(33)20(31)6-7-20)8-10-4-2-1-3-5-10/h1-5H,6-9H2,(H,27,32). The second-order valence-electron chi connectivity index (χ2n) is 8.06. The van der Waals surface area contributed by atoms with Crippen LogP contribution in [0, 0.1) is 11.6 Å². The number of urea groups is 1.